The van der Waals surface area contributed by atoms with Crippen molar-refractivity contribution in [3.05, 3.63) is 34.6 Å². The summed E-state index contributed by atoms with van der Waals surface area (Å²) >= 11 is 5.58. The van der Waals surface area contributed by atoms with Crippen molar-refractivity contribution in [2.75, 3.05) is 12.9 Å². The van der Waals surface area contributed by atoms with Gasteiger partial charge in [-0.3, -0.25) is 4.79 Å². The van der Waals surface area contributed by atoms with Crippen LogP contribution in [0.2, 0.25) is 5.02 Å². The number of benzene rings is 1. The molecule has 1 aromatic carbocycles. The molecule has 106 valence electrons. The van der Waals surface area contributed by atoms with Crippen molar-refractivity contribution in [3.8, 4) is 0 Å². The molecule has 0 heterocycles. The molecule has 7 heteroatoms. The van der Waals surface area contributed by atoms with Gasteiger partial charge in [-0.15, -0.1) is 0 Å². The number of rotatable bonds is 5. The molecule has 19 heavy (non-hydrogen) atoms. The van der Waals surface area contributed by atoms with Crippen molar-refractivity contribution < 1.29 is 22.3 Å². The van der Waals surface area contributed by atoms with E-state index in [2.05, 4.69) is 4.74 Å². The summed E-state index contributed by atoms with van der Waals surface area (Å²) in [6, 6.07) is 3.79. The maximum atomic E-state index is 13.5. The highest BCUT2D eigenvalue weighted by molar-refractivity contribution is 7.90. The molecule has 0 spiro atoms. The van der Waals surface area contributed by atoms with E-state index in [1.807, 2.05) is 0 Å². The van der Waals surface area contributed by atoms with Gasteiger partial charge >= 0.3 is 5.97 Å². The summed E-state index contributed by atoms with van der Waals surface area (Å²) < 4.78 is 41.7. The van der Waals surface area contributed by atoms with Crippen LogP contribution in [0.3, 0.4) is 0 Å². The Labute approximate surface area is 116 Å². The highest BCUT2D eigenvalue weighted by Crippen LogP contribution is 2.18. The number of ether oxygens (including phenoxy) is 1. The maximum Gasteiger partial charge on any atom is 0.309 e. The maximum absolute atomic E-state index is 13.5. The van der Waals surface area contributed by atoms with Gasteiger partial charge in [-0.1, -0.05) is 24.6 Å². The second-order valence-electron chi connectivity index (χ2n) is 4.21. The Balaban J connectivity index is 2.82. The van der Waals surface area contributed by atoms with Gasteiger partial charge in [-0.25, -0.2) is 12.8 Å². The van der Waals surface area contributed by atoms with Gasteiger partial charge in [0.05, 0.1) is 24.5 Å². The Morgan fingerprint density at radius 1 is 1.47 bits per heavy atom. The molecule has 0 N–H and O–H groups in total. The number of halogens is 2. The Morgan fingerprint density at radius 3 is 2.63 bits per heavy atom. The molecule has 0 bridgehead atoms. The van der Waals surface area contributed by atoms with E-state index in [4.69, 9.17) is 11.6 Å². The number of carbonyl (C=O) groups excluding carboxylic acids is 1. The van der Waals surface area contributed by atoms with Crippen molar-refractivity contribution in [3.63, 3.8) is 0 Å². The van der Waals surface area contributed by atoms with Gasteiger partial charge in [0.2, 0.25) is 0 Å². The molecule has 0 saturated carbocycles. The summed E-state index contributed by atoms with van der Waals surface area (Å²) in [6.45, 7) is 1.45. The average Bonchev–Trinajstić information content (AvgIpc) is 2.31. The standard InChI is InChI=1S/C12H14ClFO4S/c1-8(12(15)18-2)6-19(16,17)7-9-3-4-10(13)5-11(9)14/h3-5,8H,6-7H2,1-2H3. The molecule has 0 radical (unpaired) electrons. The Morgan fingerprint density at radius 2 is 2.11 bits per heavy atom. The first kappa shape index (κ1) is 15.9. The SMILES string of the molecule is COC(=O)C(C)CS(=O)(=O)Cc1ccc(Cl)cc1F. The normalized spacial score (nSPS) is 13.1. The van der Waals surface area contributed by atoms with Crippen LogP contribution in [0.25, 0.3) is 0 Å². The fraction of sp³-hybridized carbons (Fsp3) is 0.417. The fourth-order valence-electron chi connectivity index (χ4n) is 1.58. The third kappa shape index (κ3) is 4.80. The molecule has 0 fully saturated rings. The van der Waals surface area contributed by atoms with Gasteiger partial charge in [0.1, 0.15) is 5.82 Å². The van der Waals surface area contributed by atoms with E-state index in [0.717, 1.165) is 6.07 Å². The van der Waals surface area contributed by atoms with Gasteiger partial charge in [0, 0.05) is 10.6 Å². The van der Waals surface area contributed by atoms with Crippen LogP contribution in [-0.2, 0) is 25.1 Å². The van der Waals surface area contributed by atoms with Crippen molar-refractivity contribution in [2.45, 2.75) is 12.7 Å². The fourth-order valence-corrected chi connectivity index (χ4v) is 3.47. The third-order valence-electron chi connectivity index (χ3n) is 2.50. The van der Waals surface area contributed by atoms with Gasteiger partial charge in [0.25, 0.3) is 0 Å². The van der Waals surface area contributed by atoms with Crippen molar-refractivity contribution >= 4 is 27.4 Å². The van der Waals surface area contributed by atoms with Gasteiger partial charge in [-0.2, -0.15) is 0 Å². The molecule has 1 rings (SSSR count). The topological polar surface area (TPSA) is 60.4 Å². The number of methoxy groups -OCH3 is 1. The van der Waals surface area contributed by atoms with Crippen LogP contribution in [-0.4, -0.2) is 27.2 Å². The molecule has 0 aliphatic heterocycles. The van der Waals surface area contributed by atoms with Crippen molar-refractivity contribution in [1.29, 1.82) is 0 Å². The first-order chi connectivity index (χ1) is 8.75. The summed E-state index contributed by atoms with van der Waals surface area (Å²) in [7, 11) is -2.42. The van der Waals surface area contributed by atoms with Crippen LogP contribution in [0.4, 0.5) is 4.39 Å². The first-order valence-electron chi connectivity index (χ1n) is 5.47. The van der Waals surface area contributed by atoms with Crippen LogP contribution >= 0.6 is 11.6 Å². The minimum absolute atomic E-state index is 0.0291. The lowest BCUT2D eigenvalue weighted by Gasteiger charge is -2.10. The van der Waals surface area contributed by atoms with Crippen molar-refractivity contribution in [2.24, 2.45) is 5.92 Å². The van der Waals surface area contributed by atoms with E-state index in [9.17, 15) is 17.6 Å². The zero-order chi connectivity index (χ0) is 14.6. The molecular formula is C12H14ClFO4S. The lowest BCUT2D eigenvalue weighted by molar-refractivity contribution is -0.144. The van der Waals surface area contributed by atoms with Crippen LogP contribution in [0.5, 0.6) is 0 Å². The van der Waals surface area contributed by atoms with E-state index >= 15 is 0 Å². The lowest BCUT2D eigenvalue weighted by atomic mass is 10.2. The van der Waals surface area contributed by atoms with Crippen LogP contribution in [0.15, 0.2) is 18.2 Å². The van der Waals surface area contributed by atoms with E-state index in [-0.39, 0.29) is 16.3 Å². The second kappa shape index (κ2) is 6.34. The van der Waals surface area contributed by atoms with Gasteiger partial charge in [0.15, 0.2) is 9.84 Å². The monoisotopic (exact) mass is 308 g/mol. The number of esters is 1. The van der Waals surface area contributed by atoms with Crippen molar-refractivity contribution in [1.82, 2.24) is 0 Å². The quantitative estimate of drug-likeness (QED) is 0.782. The van der Waals surface area contributed by atoms with E-state index in [1.54, 1.807) is 0 Å². The molecule has 1 unspecified atom stereocenters. The predicted octanol–water partition coefficient (Wildman–Crippen LogP) is 2.20. The molecule has 1 atom stereocenters. The number of carbonyl (C=O) groups is 1. The minimum atomic E-state index is -3.61. The summed E-state index contributed by atoms with van der Waals surface area (Å²) in [4.78, 5) is 11.2. The Kier molecular flexibility index (Phi) is 5.31. The summed E-state index contributed by atoms with van der Waals surface area (Å²) in [5.41, 5.74) is 0.0291. The molecule has 4 nitrogen and oxygen atoms in total. The molecule has 0 aromatic heterocycles. The summed E-state index contributed by atoms with van der Waals surface area (Å²) in [5, 5.41) is 0.196. The molecule has 0 aliphatic carbocycles. The average molecular weight is 309 g/mol. The second-order valence-corrected chi connectivity index (χ2v) is 6.76. The highest BCUT2D eigenvalue weighted by Gasteiger charge is 2.23. The van der Waals surface area contributed by atoms with E-state index in [1.165, 1.54) is 26.2 Å². The minimum Gasteiger partial charge on any atom is -0.469 e. The van der Waals surface area contributed by atoms with Gasteiger partial charge in [-0.05, 0) is 12.1 Å². The molecule has 0 saturated heterocycles. The Hall–Kier alpha value is -1.14. The Bertz CT molecular complexity index is 571. The zero-order valence-corrected chi connectivity index (χ0v) is 12.1. The van der Waals surface area contributed by atoms with Crippen LogP contribution < -0.4 is 0 Å². The lowest BCUT2D eigenvalue weighted by Crippen LogP contribution is -2.23. The van der Waals surface area contributed by atoms with Gasteiger partial charge < -0.3 is 4.74 Å². The summed E-state index contributed by atoms with van der Waals surface area (Å²) in [5.74, 6) is -2.94. The van der Waals surface area contributed by atoms with Crippen LogP contribution in [0.1, 0.15) is 12.5 Å². The summed E-state index contributed by atoms with van der Waals surface area (Å²) in [6.07, 6.45) is 0. The number of sulfone groups is 1. The number of hydrogen-bond donors (Lipinski definition) is 0. The number of hydrogen-bond acceptors (Lipinski definition) is 4. The molecular weight excluding hydrogens is 295 g/mol. The molecule has 0 aliphatic rings. The van der Waals surface area contributed by atoms with Crippen LogP contribution in [0, 0.1) is 11.7 Å². The third-order valence-corrected chi connectivity index (χ3v) is 4.49. The molecule has 0 amide bonds. The highest BCUT2D eigenvalue weighted by atomic mass is 35.5. The smallest absolute Gasteiger partial charge is 0.309 e. The first-order valence-corrected chi connectivity index (χ1v) is 7.67. The van der Waals surface area contributed by atoms with E-state index in [0.29, 0.717) is 0 Å². The molecule has 1 aromatic rings. The zero-order valence-electron chi connectivity index (χ0n) is 10.5. The predicted molar refractivity (Wildman–Crippen MR) is 70.1 cm³/mol. The largest absolute Gasteiger partial charge is 0.469 e. The van der Waals surface area contributed by atoms with E-state index < -0.39 is 33.3 Å².